The smallest absolute Gasteiger partial charge is 0.269 e. The molecule has 0 spiro atoms. The monoisotopic (exact) mass is 386 g/mol. The molecule has 0 fully saturated rings. The molecule has 0 saturated carbocycles. The van der Waals surface area contributed by atoms with Crippen LogP contribution in [0.3, 0.4) is 0 Å². The van der Waals surface area contributed by atoms with Crippen molar-refractivity contribution in [1.29, 1.82) is 0 Å². The van der Waals surface area contributed by atoms with Gasteiger partial charge in [0.15, 0.2) is 0 Å². The van der Waals surface area contributed by atoms with Gasteiger partial charge in [-0.25, -0.2) is 12.7 Å². The first kappa shape index (κ1) is 19.1. The molecule has 27 heavy (non-hydrogen) atoms. The van der Waals surface area contributed by atoms with Gasteiger partial charge in [0.05, 0.1) is 5.56 Å². The average molecular weight is 386 g/mol. The van der Waals surface area contributed by atoms with E-state index in [9.17, 15) is 18.0 Å². The molecule has 1 aliphatic rings. The summed E-state index contributed by atoms with van der Waals surface area (Å²) in [7, 11) is -3.92. The fraction of sp³-hybridized carbons (Fsp3) is 0.300. The highest BCUT2D eigenvalue weighted by Gasteiger charge is 2.42. The molecule has 0 unspecified atom stereocenters. The molecule has 2 amide bonds. The second kappa shape index (κ2) is 7.15. The largest absolute Gasteiger partial charge is 0.352 e. The Morgan fingerprint density at radius 3 is 2.56 bits per heavy atom. The standard InChI is InChI=1S/C20H22N2O4S/c1-13(2)22-20(24)17-8-7-16(12-18(17)27(22,25)26)19(23)21-10-9-15-6-4-5-14(3)11-15/h4-8,11-13H,9-10H2,1-3H3,(H,21,23). The van der Waals surface area contributed by atoms with Crippen molar-refractivity contribution in [3.63, 3.8) is 0 Å². The summed E-state index contributed by atoms with van der Waals surface area (Å²) >= 11 is 0. The highest BCUT2D eigenvalue weighted by molar-refractivity contribution is 7.90. The quantitative estimate of drug-likeness (QED) is 0.856. The Kier molecular flexibility index (Phi) is 5.06. The second-order valence-corrected chi connectivity index (χ2v) is 8.69. The number of carbonyl (C=O) groups is 2. The molecule has 1 aliphatic heterocycles. The van der Waals surface area contributed by atoms with Gasteiger partial charge in [0.1, 0.15) is 4.90 Å². The van der Waals surface area contributed by atoms with E-state index in [0.717, 1.165) is 15.4 Å². The first-order valence-corrected chi connectivity index (χ1v) is 10.2. The highest BCUT2D eigenvalue weighted by atomic mass is 32.2. The van der Waals surface area contributed by atoms with Crippen LogP contribution in [0.4, 0.5) is 0 Å². The predicted octanol–water partition coefficient (Wildman–Crippen LogP) is 2.52. The Balaban J connectivity index is 1.75. The third-order valence-electron chi connectivity index (χ3n) is 4.46. The zero-order valence-electron chi connectivity index (χ0n) is 15.5. The first-order chi connectivity index (χ1) is 12.7. The van der Waals surface area contributed by atoms with Crippen LogP contribution in [0, 0.1) is 6.92 Å². The Morgan fingerprint density at radius 1 is 1.15 bits per heavy atom. The van der Waals surface area contributed by atoms with Crippen molar-refractivity contribution in [3.8, 4) is 0 Å². The van der Waals surface area contributed by atoms with Crippen molar-refractivity contribution in [3.05, 3.63) is 64.7 Å². The Hall–Kier alpha value is -2.67. The number of amides is 2. The van der Waals surface area contributed by atoms with Gasteiger partial charge in [0, 0.05) is 18.2 Å². The fourth-order valence-corrected chi connectivity index (χ4v) is 4.98. The van der Waals surface area contributed by atoms with Gasteiger partial charge < -0.3 is 5.32 Å². The molecular weight excluding hydrogens is 364 g/mol. The molecule has 0 atom stereocenters. The van der Waals surface area contributed by atoms with E-state index < -0.39 is 22.0 Å². The lowest BCUT2D eigenvalue weighted by atomic mass is 10.1. The van der Waals surface area contributed by atoms with Crippen molar-refractivity contribution in [2.75, 3.05) is 6.54 Å². The molecular formula is C20H22N2O4S. The first-order valence-electron chi connectivity index (χ1n) is 8.78. The predicted molar refractivity (Wildman–Crippen MR) is 102 cm³/mol. The lowest BCUT2D eigenvalue weighted by Crippen LogP contribution is -2.36. The summed E-state index contributed by atoms with van der Waals surface area (Å²) < 4.78 is 26.1. The summed E-state index contributed by atoms with van der Waals surface area (Å²) in [6.07, 6.45) is 0.677. The number of aryl methyl sites for hydroxylation is 1. The van der Waals surface area contributed by atoms with E-state index in [0.29, 0.717) is 13.0 Å². The third kappa shape index (κ3) is 3.60. The van der Waals surface area contributed by atoms with Crippen LogP contribution in [-0.2, 0) is 16.4 Å². The second-order valence-electron chi connectivity index (χ2n) is 6.91. The number of hydrogen-bond donors (Lipinski definition) is 1. The maximum Gasteiger partial charge on any atom is 0.269 e. The van der Waals surface area contributed by atoms with E-state index in [4.69, 9.17) is 0 Å². The number of benzene rings is 2. The SMILES string of the molecule is Cc1cccc(CCNC(=O)c2ccc3c(c2)S(=O)(=O)N(C(C)C)C3=O)c1. The maximum atomic E-state index is 12.6. The van der Waals surface area contributed by atoms with E-state index >= 15 is 0 Å². The number of nitrogens with one attached hydrogen (secondary N) is 1. The zero-order chi connectivity index (χ0) is 19.8. The van der Waals surface area contributed by atoms with Gasteiger partial charge in [-0.2, -0.15) is 0 Å². The van der Waals surface area contributed by atoms with Crippen LogP contribution in [0.15, 0.2) is 47.4 Å². The molecule has 2 aromatic rings. The average Bonchev–Trinajstić information content (AvgIpc) is 2.80. The van der Waals surface area contributed by atoms with Crippen molar-refractivity contribution < 1.29 is 18.0 Å². The van der Waals surface area contributed by atoms with Gasteiger partial charge in [0.2, 0.25) is 0 Å². The molecule has 6 nitrogen and oxygen atoms in total. The summed E-state index contributed by atoms with van der Waals surface area (Å²) in [5, 5.41) is 2.80. The molecule has 1 heterocycles. The highest BCUT2D eigenvalue weighted by Crippen LogP contribution is 2.32. The molecule has 3 rings (SSSR count). The van der Waals surface area contributed by atoms with Gasteiger partial charge in [-0.3, -0.25) is 9.59 Å². The van der Waals surface area contributed by atoms with Crippen LogP contribution in [0.25, 0.3) is 0 Å². The summed E-state index contributed by atoms with van der Waals surface area (Å²) in [6, 6.07) is 11.7. The van der Waals surface area contributed by atoms with Gasteiger partial charge in [0.25, 0.3) is 21.8 Å². The van der Waals surface area contributed by atoms with E-state index in [1.165, 1.54) is 18.2 Å². The number of carbonyl (C=O) groups excluding carboxylic acids is 2. The molecule has 2 aromatic carbocycles. The van der Waals surface area contributed by atoms with Crippen LogP contribution < -0.4 is 5.32 Å². The summed E-state index contributed by atoms with van der Waals surface area (Å²) in [5.41, 5.74) is 2.60. The van der Waals surface area contributed by atoms with Gasteiger partial charge >= 0.3 is 0 Å². The van der Waals surface area contributed by atoms with Crippen LogP contribution in [0.1, 0.15) is 45.7 Å². The van der Waals surface area contributed by atoms with Crippen LogP contribution in [0.5, 0.6) is 0 Å². The van der Waals surface area contributed by atoms with Crippen molar-refractivity contribution in [1.82, 2.24) is 9.62 Å². The van der Waals surface area contributed by atoms with Crippen molar-refractivity contribution in [2.24, 2.45) is 0 Å². The fourth-order valence-electron chi connectivity index (χ4n) is 3.19. The topological polar surface area (TPSA) is 83.6 Å². The number of fused-ring (bicyclic) bond motifs is 1. The van der Waals surface area contributed by atoms with Crippen LogP contribution >= 0.6 is 0 Å². The molecule has 7 heteroatoms. The summed E-state index contributed by atoms with van der Waals surface area (Å²) in [6.45, 7) is 5.72. The Bertz CT molecular complexity index is 1010. The molecule has 0 radical (unpaired) electrons. The van der Waals surface area contributed by atoms with E-state index in [2.05, 4.69) is 11.4 Å². The lowest BCUT2D eigenvalue weighted by Gasteiger charge is -2.18. The lowest BCUT2D eigenvalue weighted by molar-refractivity contribution is 0.0845. The number of rotatable bonds is 5. The van der Waals surface area contributed by atoms with Gasteiger partial charge in [-0.05, 0) is 51.0 Å². The third-order valence-corrected chi connectivity index (χ3v) is 6.46. The van der Waals surface area contributed by atoms with Gasteiger partial charge in [-0.1, -0.05) is 29.8 Å². The van der Waals surface area contributed by atoms with Gasteiger partial charge in [-0.15, -0.1) is 0 Å². The maximum absolute atomic E-state index is 12.6. The van der Waals surface area contributed by atoms with E-state index in [-0.39, 0.29) is 21.9 Å². The number of hydrogen-bond acceptors (Lipinski definition) is 4. The minimum atomic E-state index is -3.92. The Labute approximate surface area is 159 Å². The molecule has 0 bridgehead atoms. The molecule has 0 aliphatic carbocycles. The van der Waals surface area contributed by atoms with Crippen molar-refractivity contribution in [2.45, 2.75) is 38.1 Å². The number of nitrogens with zero attached hydrogens (tertiary/aromatic N) is 1. The van der Waals surface area contributed by atoms with Crippen molar-refractivity contribution >= 4 is 21.8 Å². The van der Waals surface area contributed by atoms with Crippen LogP contribution in [0.2, 0.25) is 0 Å². The normalized spacial score (nSPS) is 15.1. The van der Waals surface area contributed by atoms with E-state index in [1.807, 2.05) is 25.1 Å². The summed E-state index contributed by atoms with van der Waals surface area (Å²) in [4.78, 5) is 24.6. The molecule has 0 aromatic heterocycles. The van der Waals surface area contributed by atoms with Crippen LogP contribution in [-0.4, -0.2) is 37.1 Å². The number of sulfonamides is 1. The molecule has 1 N–H and O–H groups in total. The summed E-state index contributed by atoms with van der Waals surface area (Å²) in [5.74, 6) is -0.914. The molecule has 142 valence electrons. The minimum Gasteiger partial charge on any atom is -0.352 e. The Morgan fingerprint density at radius 2 is 1.89 bits per heavy atom. The van der Waals surface area contributed by atoms with E-state index in [1.54, 1.807) is 13.8 Å². The molecule has 0 saturated heterocycles. The minimum absolute atomic E-state index is 0.104. The zero-order valence-corrected chi connectivity index (χ0v) is 16.3.